The van der Waals surface area contributed by atoms with Crippen molar-refractivity contribution in [3.8, 4) is 0 Å². The minimum atomic E-state index is -4.21. The number of hydrogen-bond acceptors (Lipinski definition) is 3. The zero-order valence-electron chi connectivity index (χ0n) is 24.7. The van der Waals surface area contributed by atoms with Crippen LogP contribution in [0.15, 0.2) is 52.6 Å². The molecule has 0 amide bonds. The molecule has 3 nitrogen and oxygen atoms in total. The summed E-state index contributed by atoms with van der Waals surface area (Å²) in [6.07, 6.45) is 2.98. The number of benzene rings is 1. The number of ether oxygens (including phenoxy) is 1. The number of Topliss-reactive ketones (excluding diaryl/α,β-unsaturated/α-hetero) is 1. The molecular formula is C31H45BrF4O3. The lowest BCUT2D eigenvalue weighted by Crippen LogP contribution is -2.32. The Morgan fingerprint density at radius 1 is 1.03 bits per heavy atom. The molecule has 0 unspecified atom stereocenters. The van der Waals surface area contributed by atoms with Gasteiger partial charge in [0.25, 0.3) is 0 Å². The summed E-state index contributed by atoms with van der Waals surface area (Å²) >= 11 is 3.24. The van der Waals surface area contributed by atoms with Crippen LogP contribution in [0.25, 0.3) is 0 Å². The lowest BCUT2D eigenvalue weighted by molar-refractivity contribution is -0.155. The summed E-state index contributed by atoms with van der Waals surface area (Å²) in [6.45, 7) is 21.0. The van der Waals surface area contributed by atoms with Crippen molar-refractivity contribution >= 4 is 27.7 Å². The molecule has 39 heavy (non-hydrogen) atoms. The SMILES string of the molecule is C=C(C)/C=C(\C)C(F)(F)F.C=C(C)COC(=O)C1(C)CCCCC1.CCC(C)=O.Cc1cc(C)c(Br)cc1F. The Balaban J connectivity index is 0. The van der Waals surface area contributed by atoms with Gasteiger partial charge in [-0.1, -0.05) is 73.0 Å². The quantitative estimate of drug-likeness (QED) is 0.142. The smallest absolute Gasteiger partial charge is 0.412 e. The van der Waals surface area contributed by atoms with Gasteiger partial charge in [-0.2, -0.15) is 13.2 Å². The molecule has 2 rings (SSSR count). The second-order valence-electron chi connectivity index (χ2n) is 10.2. The van der Waals surface area contributed by atoms with Crippen molar-refractivity contribution in [2.45, 2.75) is 100 Å². The van der Waals surface area contributed by atoms with Gasteiger partial charge >= 0.3 is 12.1 Å². The molecule has 0 aromatic heterocycles. The highest BCUT2D eigenvalue weighted by atomic mass is 79.9. The molecule has 0 heterocycles. The highest BCUT2D eigenvalue weighted by molar-refractivity contribution is 9.10. The van der Waals surface area contributed by atoms with E-state index in [-0.39, 0.29) is 23.0 Å². The van der Waals surface area contributed by atoms with E-state index < -0.39 is 11.7 Å². The maximum Gasteiger partial charge on any atom is 0.412 e. The normalized spacial score (nSPS) is 14.2. The van der Waals surface area contributed by atoms with Gasteiger partial charge in [-0.25, -0.2) is 4.39 Å². The standard InChI is InChI=1S/C12H20O2.C8H8BrF.C7H9F3.C4H8O/c1-10(2)9-14-11(13)12(3)7-5-4-6-8-12;1-5-3-6(2)8(10)4-7(5)9;1-5(2)4-6(3)7(8,9)10;1-3-4(2)5/h1,4-9H2,2-3H3;3-4H,1-2H3;4H,1H2,2-3H3;3H2,1-2H3/b;;6-4+;. The molecule has 1 aliphatic rings. The monoisotopic (exact) mass is 620 g/mol. The highest BCUT2D eigenvalue weighted by Crippen LogP contribution is 2.36. The van der Waals surface area contributed by atoms with Gasteiger partial charge in [0.1, 0.15) is 18.2 Å². The van der Waals surface area contributed by atoms with E-state index in [1.807, 2.05) is 33.8 Å². The molecule has 1 saturated carbocycles. The van der Waals surface area contributed by atoms with Crippen molar-refractivity contribution in [3.63, 3.8) is 0 Å². The number of aryl methyl sites for hydroxylation is 2. The van der Waals surface area contributed by atoms with Crippen molar-refractivity contribution in [2.75, 3.05) is 6.61 Å². The van der Waals surface area contributed by atoms with Gasteiger partial charge < -0.3 is 9.53 Å². The van der Waals surface area contributed by atoms with Crippen LogP contribution in [0.1, 0.15) is 91.2 Å². The number of rotatable bonds is 5. The molecule has 0 aliphatic heterocycles. The molecular weight excluding hydrogens is 576 g/mol. The van der Waals surface area contributed by atoms with Crippen molar-refractivity contribution in [3.05, 3.63) is 69.5 Å². The second kappa shape index (κ2) is 19.0. The van der Waals surface area contributed by atoms with Crippen molar-refractivity contribution in [1.82, 2.24) is 0 Å². The molecule has 1 aliphatic carbocycles. The lowest BCUT2D eigenvalue weighted by Gasteiger charge is -2.30. The molecule has 8 heteroatoms. The van der Waals surface area contributed by atoms with E-state index in [0.717, 1.165) is 54.3 Å². The average molecular weight is 622 g/mol. The molecule has 222 valence electrons. The highest BCUT2D eigenvalue weighted by Gasteiger charge is 2.35. The summed E-state index contributed by atoms with van der Waals surface area (Å²) in [6, 6.07) is 3.31. The van der Waals surface area contributed by atoms with E-state index in [1.165, 1.54) is 19.4 Å². The third-order valence-corrected chi connectivity index (χ3v) is 6.60. The third kappa shape index (κ3) is 18.7. The number of allylic oxidation sites excluding steroid dienone is 3. The average Bonchev–Trinajstić information content (AvgIpc) is 2.82. The number of hydrogen-bond donors (Lipinski definition) is 0. The van der Waals surface area contributed by atoms with Crippen LogP contribution in [0, 0.1) is 25.1 Å². The summed E-state index contributed by atoms with van der Waals surface area (Å²) in [5.74, 6) is 0.0580. The predicted octanol–water partition coefficient (Wildman–Crippen LogP) is 10.3. The molecule has 0 saturated heterocycles. The fraction of sp³-hybridized carbons (Fsp3) is 0.548. The number of ketones is 1. The largest absolute Gasteiger partial charge is 0.461 e. The maximum absolute atomic E-state index is 12.7. The molecule has 0 N–H and O–H groups in total. The number of halogens is 5. The Hall–Kier alpha value is -2.22. The fourth-order valence-electron chi connectivity index (χ4n) is 3.15. The molecule has 1 fully saturated rings. The summed E-state index contributed by atoms with van der Waals surface area (Å²) in [4.78, 5) is 21.6. The van der Waals surface area contributed by atoms with E-state index in [1.54, 1.807) is 13.8 Å². The van der Waals surface area contributed by atoms with Crippen molar-refractivity contribution in [2.24, 2.45) is 5.41 Å². The first kappa shape index (κ1) is 38.9. The van der Waals surface area contributed by atoms with Gasteiger partial charge in [-0.05, 0) is 84.1 Å². The van der Waals surface area contributed by atoms with Crippen LogP contribution in [0.3, 0.4) is 0 Å². The van der Waals surface area contributed by atoms with E-state index >= 15 is 0 Å². The van der Waals surface area contributed by atoms with Crippen LogP contribution in [-0.2, 0) is 14.3 Å². The minimum absolute atomic E-state index is 0.0415. The van der Waals surface area contributed by atoms with Gasteiger partial charge in [-0.3, -0.25) is 4.79 Å². The zero-order chi connectivity index (χ0) is 31.0. The third-order valence-electron chi connectivity index (χ3n) is 5.75. The first-order valence-corrected chi connectivity index (χ1v) is 13.7. The van der Waals surface area contributed by atoms with Crippen LogP contribution in [0.5, 0.6) is 0 Å². The Bertz CT molecular complexity index is 938. The van der Waals surface area contributed by atoms with Crippen molar-refractivity contribution < 1.29 is 31.9 Å². The second-order valence-corrected chi connectivity index (χ2v) is 11.1. The lowest BCUT2D eigenvalue weighted by atomic mass is 9.76. The summed E-state index contributed by atoms with van der Waals surface area (Å²) in [5, 5.41) is 0. The Labute approximate surface area is 240 Å². The maximum atomic E-state index is 12.7. The summed E-state index contributed by atoms with van der Waals surface area (Å²) in [7, 11) is 0. The molecule has 1 aromatic rings. The Morgan fingerprint density at radius 2 is 1.51 bits per heavy atom. The van der Waals surface area contributed by atoms with Crippen LogP contribution in [0.4, 0.5) is 17.6 Å². The molecule has 0 radical (unpaired) electrons. The van der Waals surface area contributed by atoms with Crippen molar-refractivity contribution in [1.29, 1.82) is 0 Å². The first-order chi connectivity index (χ1) is 17.8. The van der Waals surface area contributed by atoms with Gasteiger partial charge in [-0.15, -0.1) is 0 Å². The van der Waals surface area contributed by atoms with Gasteiger partial charge in [0, 0.05) is 16.5 Å². The molecule has 1 aromatic carbocycles. The molecule has 0 bridgehead atoms. The zero-order valence-corrected chi connectivity index (χ0v) is 26.3. The topological polar surface area (TPSA) is 43.4 Å². The van der Waals surface area contributed by atoms with E-state index in [4.69, 9.17) is 4.74 Å². The van der Waals surface area contributed by atoms with Gasteiger partial charge in [0.2, 0.25) is 0 Å². The van der Waals surface area contributed by atoms with Gasteiger partial charge in [0.15, 0.2) is 0 Å². The molecule has 0 atom stereocenters. The van der Waals surface area contributed by atoms with Crippen LogP contribution in [-0.4, -0.2) is 24.5 Å². The Kier molecular flexibility index (Phi) is 18.9. The van der Waals surface area contributed by atoms with E-state index in [9.17, 15) is 27.2 Å². The van der Waals surface area contributed by atoms with Gasteiger partial charge in [0.05, 0.1) is 5.41 Å². The minimum Gasteiger partial charge on any atom is -0.461 e. The summed E-state index contributed by atoms with van der Waals surface area (Å²) in [5.41, 5.74) is 2.24. The number of alkyl halides is 3. The predicted molar refractivity (Wildman–Crippen MR) is 156 cm³/mol. The molecule has 0 spiro atoms. The Morgan fingerprint density at radius 3 is 1.85 bits per heavy atom. The van der Waals surface area contributed by atoms with Crippen LogP contribution in [0.2, 0.25) is 0 Å². The van der Waals surface area contributed by atoms with E-state index in [0.29, 0.717) is 24.2 Å². The van der Waals surface area contributed by atoms with Crippen LogP contribution >= 0.6 is 15.9 Å². The first-order valence-electron chi connectivity index (χ1n) is 12.9. The number of carbonyl (C=O) groups is 2. The van der Waals surface area contributed by atoms with E-state index in [2.05, 4.69) is 29.1 Å². The summed E-state index contributed by atoms with van der Waals surface area (Å²) < 4.78 is 53.9. The fourth-order valence-corrected chi connectivity index (χ4v) is 3.47. The number of esters is 1. The number of carbonyl (C=O) groups excluding carboxylic acids is 2. The van der Waals surface area contributed by atoms with Crippen LogP contribution < -0.4 is 0 Å².